The largest absolute Gasteiger partial charge is 0.329 e. The van der Waals surface area contributed by atoms with Gasteiger partial charge in [-0.1, -0.05) is 48.0 Å². The monoisotopic (exact) mass is 467 g/mol. The minimum Gasteiger partial charge on any atom is -0.322 e. The van der Waals surface area contributed by atoms with Gasteiger partial charge in [0.2, 0.25) is 0 Å². The normalized spacial score (nSPS) is 10.8. The molecule has 4 rings (SSSR count). The number of amides is 3. The number of hydrogen-bond acceptors (Lipinski definition) is 5. The Bertz CT molecular complexity index is 1510. The van der Waals surface area contributed by atoms with Crippen molar-refractivity contribution in [2.24, 2.45) is 5.10 Å². The van der Waals surface area contributed by atoms with Crippen molar-refractivity contribution in [3.8, 4) is 0 Å². The zero-order valence-electron chi connectivity index (χ0n) is 18.7. The summed E-state index contributed by atoms with van der Waals surface area (Å²) in [7, 11) is 0. The summed E-state index contributed by atoms with van der Waals surface area (Å²) in [5, 5.41) is 9.67. The van der Waals surface area contributed by atoms with Crippen LogP contribution in [0.15, 0.2) is 88.8 Å². The highest BCUT2D eigenvalue weighted by Gasteiger charge is 2.18. The van der Waals surface area contributed by atoms with Crippen LogP contribution in [0.1, 0.15) is 21.5 Å². The van der Waals surface area contributed by atoms with Crippen molar-refractivity contribution < 1.29 is 14.4 Å². The summed E-state index contributed by atoms with van der Waals surface area (Å²) >= 11 is 0. The molecular weight excluding hydrogens is 446 g/mol. The van der Waals surface area contributed by atoms with Gasteiger partial charge in [-0.25, -0.2) is 5.43 Å². The summed E-state index contributed by atoms with van der Waals surface area (Å²) in [6, 6.07) is 22.4. The summed E-state index contributed by atoms with van der Waals surface area (Å²) in [5.74, 6) is -2.53. The van der Waals surface area contributed by atoms with E-state index in [1.54, 1.807) is 42.5 Å². The maximum Gasteiger partial charge on any atom is 0.329 e. The van der Waals surface area contributed by atoms with E-state index >= 15 is 0 Å². The number of rotatable bonds is 5. The molecular formula is C26H21N5O4. The number of aromatic amines is 1. The van der Waals surface area contributed by atoms with Crippen LogP contribution in [0, 0.1) is 6.92 Å². The second-order valence-corrected chi connectivity index (χ2v) is 7.66. The van der Waals surface area contributed by atoms with Crippen LogP contribution in [-0.2, 0) is 9.59 Å². The highest BCUT2D eigenvalue weighted by molar-refractivity contribution is 6.40. The number of hydrogen-bond donors (Lipinski definition) is 4. The molecule has 0 spiro atoms. The molecule has 0 radical (unpaired) electrons. The van der Waals surface area contributed by atoms with Crippen LogP contribution >= 0.6 is 0 Å². The molecule has 3 aromatic carbocycles. The van der Waals surface area contributed by atoms with E-state index < -0.39 is 17.7 Å². The van der Waals surface area contributed by atoms with Gasteiger partial charge in [-0.05, 0) is 48.7 Å². The van der Waals surface area contributed by atoms with Gasteiger partial charge in [-0.3, -0.25) is 19.2 Å². The maximum absolute atomic E-state index is 12.7. The molecule has 9 heteroatoms. The van der Waals surface area contributed by atoms with E-state index in [0.29, 0.717) is 11.2 Å². The van der Waals surface area contributed by atoms with Crippen molar-refractivity contribution >= 4 is 46.2 Å². The highest BCUT2D eigenvalue weighted by Crippen LogP contribution is 2.18. The van der Waals surface area contributed by atoms with Crippen LogP contribution in [0.25, 0.3) is 10.9 Å². The molecule has 4 aromatic rings. The number of nitrogens with one attached hydrogen (secondary N) is 4. The molecule has 1 heterocycles. The number of benzene rings is 3. The lowest BCUT2D eigenvalue weighted by molar-refractivity contribution is -0.136. The average molecular weight is 467 g/mol. The third-order valence-corrected chi connectivity index (χ3v) is 5.09. The highest BCUT2D eigenvalue weighted by atomic mass is 16.2. The van der Waals surface area contributed by atoms with Crippen molar-refractivity contribution in [2.45, 2.75) is 6.92 Å². The van der Waals surface area contributed by atoms with Crippen molar-refractivity contribution in [3.63, 3.8) is 0 Å². The molecule has 35 heavy (non-hydrogen) atoms. The molecule has 0 saturated heterocycles. The Morgan fingerprint density at radius 1 is 0.857 bits per heavy atom. The molecule has 0 saturated carbocycles. The summed E-state index contributed by atoms with van der Waals surface area (Å²) < 4.78 is 0. The Morgan fingerprint density at radius 3 is 2.37 bits per heavy atom. The smallest absolute Gasteiger partial charge is 0.322 e. The average Bonchev–Trinajstić information content (AvgIpc) is 2.86. The topological polar surface area (TPSA) is 133 Å². The van der Waals surface area contributed by atoms with Crippen molar-refractivity contribution in [1.82, 2.24) is 10.4 Å². The number of aryl methyl sites for hydroxylation is 1. The fraction of sp³-hybridized carbons (Fsp3) is 0.0385. The van der Waals surface area contributed by atoms with Gasteiger partial charge < -0.3 is 15.6 Å². The van der Waals surface area contributed by atoms with Crippen molar-refractivity contribution in [1.29, 1.82) is 0 Å². The lowest BCUT2D eigenvalue weighted by Crippen LogP contribution is -2.33. The molecule has 0 atom stereocenters. The van der Waals surface area contributed by atoms with E-state index in [1.165, 1.54) is 12.1 Å². The number of anilines is 2. The maximum atomic E-state index is 12.7. The van der Waals surface area contributed by atoms with E-state index in [1.807, 2.05) is 31.2 Å². The molecule has 0 aliphatic rings. The molecule has 0 aliphatic heterocycles. The van der Waals surface area contributed by atoms with Crippen LogP contribution in [0.2, 0.25) is 0 Å². The molecule has 0 fully saturated rings. The molecule has 0 aliphatic carbocycles. The first-order valence-electron chi connectivity index (χ1n) is 10.6. The van der Waals surface area contributed by atoms with Gasteiger partial charge in [-0.15, -0.1) is 0 Å². The number of H-pyrrole nitrogens is 1. The number of pyridine rings is 1. The third kappa shape index (κ3) is 5.66. The second-order valence-electron chi connectivity index (χ2n) is 7.66. The predicted octanol–water partition coefficient (Wildman–Crippen LogP) is 3.18. The van der Waals surface area contributed by atoms with Gasteiger partial charge in [0.05, 0.1) is 23.0 Å². The van der Waals surface area contributed by atoms with Crippen molar-refractivity contribution in [2.75, 3.05) is 10.6 Å². The van der Waals surface area contributed by atoms with Crippen molar-refractivity contribution in [3.05, 3.63) is 106 Å². The number of aromatic nitrogens is 1. The van der Waals surface area contributed by atoms with Gasteiger partial charge in [0, 0.05) is 11.2 Å². The van der Waals surface area contributed by atoms with Gasteiger partial charge in [0.25, 0.3) is 11.5 Å². The Hall–Kier alpha value is -5.05. The lowest BCUT2D eigenvalue weighted by Gasteiger charge is -2.11. The number of para-hydroxylation sites is 2. The Kier molecular flexibility index (Phi) is 6.78. The van der Waals surface area contributed by atoms with Gasteiger partial charge in [0.1, 0.15) is 0 Å². The summed E-state index contributed by atoms with van der Waals surface area (Å²) in [6.45, 7) is 1.94. The van der Waals surface area contributed by atoms with E-state index in [2.05, 4.69) is 26.1 Å². The van der Waals surface area contributed by atoms with E-state index in [0.717, 1.165) is 17.2 Å². The number of carbonyl (C=O) groups is 3. The third-order valence-electron chi connectivity index (χ3n) is 5.09. The molecule has 9 nitrogen and oxygen atoms in total. The molecule has 1 aromatic heterocycles. The van der Waals surface area contributed by atoms with Crippen LogP contribution < -0.4 is 21.6 Å². The SMILES string of the molecule is Cc1ccc(NC(=O)c2ccccc2NC(=O)C(=O)N/N=C/c2cc3ccccc3[nH]c2=O)cc1. The predicted molar refractivity (Wildman–Crippen MR) is 135 cm³/mol. The van der Waals surface area contributed by atoms with E-state index in [9.17, 15) is 19.2 Å². The zero-order valence-corrected chi connectivity index (χ0v) is 18.7. The molecule has 3 amide bonds. The summed E-state index contributed by atoms with van der Waals surface area (Å²) in [6.07, 6.45) is 1.15. The van der Waals surface area contributed by atoms with Gasteiger partial charge in [0.15, 0.2) is 0 Å². The van der Waals surface area contributed by atoms with Gasteiger partial charge in [-0.2, -0.15) is 5.10 Å². The lowest BCUT2D eigenvalue weighted by atomic mass is 10.1. The van der Waals surface area contributed by atoms with E-state index in [4.69, 9.17) is 0 Å². The van der Waals surface area contributed by atoms with Crippen LogP contribution in [0.3, 0.4) is 0 Å². The zero-order chi connectivity index (χ0) is 24.8. The molecule has 0 unspecified atom stereocenters. The fourth-order valence-electron chi connectivity index (χ4n) is 3.28. The second kappa shape index (κ2) is 10.3. The van der Waals surface area contributed by atoms with Crippen LogP contribution in [-0.4, -0.2) is 28.9 Å². The summed E-state index contributed by atoms with van der Waals surface area (Å²) in [4.78, 5) is 52.2. The van der Waals surface area contributed by atoms with Crippen LogP contribution in [0.4, 0.5) is 11.4 Å². The molecule has 0 bridgehead atoms. The first-order chi connectivity index (χ1) is 16.9. The standard InChI is InChI=1S/C26H21N5O4/c1-16-10-12-19(13-11-16)28-24(33)20-7-3-5-9-22(20)30-25(34)26(35)31-27-15-18-14-17-6-2-4-8-21(17)29-23(18)32/h2-15H,1H3,(H,28,33)(H,29,32)(H,30,34)(H,31,35)/b27-15+. The Labute approximate surface area is 199 Å². The minimum atomic E-state index is -1.06. The molecule has 4 N–H and O–H groups in total. The Balaban J connectivity index is 1.41. The summed E-state index contributed by atoms with van der Waals surface area (Å²) in [5.41, 5.74) is 4.56. The van der Waals surface area contributed by atoms with Gasteiger partial charge >= 0.3 is 11.8 Å². The number of fused-ring (bicyclic) bond motifs is 1. The Morgan fingerprint density at radius 2 is 1.57 bits per heavy atom. The minimum absolute atomic E-state index is 0.159. The number of carbonyl (C=O) groups excluding carboxylic acids is 3. The fourth-order valence-corrected chi connectivity index (χ4v) is 3.28. The van der Waals surface area contributed by atoms with E-state index in [-0.39, 0.29) is 22.4 Å². The number of nitrogens with zero attached hydrogens (tertiary/aromatic N) is 1. The first kappa shape index (κ1) is 23.1. The molecule has 174 valence electrons. The quantitative estimate of drug-likeness (QED) is 0.204. The number of hydrazone groups is 1. The van der Waals surface area contributed by atoms with Crippen LogP contribution in [0.5, 0.6) is 0 Å². The first-order valence-corrected chi connectivity index (χ1v) is 10.6.